The summed E-state index contributed by atoms with van der Waals surface area (Å²) in [6, 6.07) is 16.8. The van der Waals surface area contributed by atoms with Crippen LogP contribution in [0.5, 0.6) is 0 Å². The first-order chi connectivity index (χ1) is 15.9. The fraction of sp³-hybridized carbons (Fsp3) is 0.217. The van der Waals surface area contributed by atoms with E-state index in [9.17, 15) is 18.0 Å². The van der Waals surface area contributed by atoms with Crippen molar-refractivity contribution >= 4 is 33.5 Å². The zero-order valence-electron chi connectivity index (χ0n) is 17.5. The van der Waals surface area contributed by atoms with E-state index in [1.807, 2.05) is 30.3 Å². The predicted octanol–water partition coefficient (Wildman–Crippen LogP) is 3.29. The monoisotopic (exact) mass is 488 g/mol. The molecule has 1 amide bonds. The zero-order valence-corrected chi connectivity index (χ0v) is 19.1. The molecule has 1 fully saturated rings. The van der Waals surface area contributed by atoms with Gasteiger partial charge in [-0.2, -0.15) is 4.31 Å². The van der Waals surface area contributed by atoms with Crippen molar-refractivity contribution in [2.75, 3.05) is 32.8 Å². The minimum Gasteiger partial charge on any atom is -0.457 e. The van der Waals surface area contributed by atoms with Crippen molar-refractivity contribution in [2.24, 2.45) is 0 Å². The Labute approximate surface area is 196 Å². The lowest BCUT2D eigenvalue weighted by molar-refractivity contribution is -0.135. The van der Waals surface area contributed by atoms with Crippen LogP contribution in [0.2, 0.25) is 5.02 Å². The lowest BCUT2D eigenvalue weighted by Gasteiger charge is -2.33. The van der Waals surface area contributed by atoms with E-state index < -0.39 is 28.5 Å². The maximum absolute atomic E-state index is 12.8. The number of nitrogens with zero attached hydrogens (tertiary/aromatic N) is 2. The topological polar surface area (TPSA) is 97.1 Å². The van der Waals surface area contributed by atoms with E-state index in [0.29, 0.717) is 10.6 Å². The summed E-state index contributed by atoms with van der Waals surface area (Å²) in [5.74, 6) is -1.12. The molecule has 0 radical (unpaired) electrons. The third-order valence-corrected chi connectivity index (χ3v) is 7.47. The lowest BCUT2D eigenvalue weighted by Crippen LogP contribution is -2.51. The van der Waals surface area contributed by atoms with Gasteiger partial charge in [0.05, 0.1) is 11.2 Å². The minimum atomic E-state index is -3.68. The Bertz CT molecular complexity index is 1230. The first kappa shape index (κ1) is 23.0. The summed E-state index contributed by atoms with van der Waals surface area (Å²) in [7, 11) is -3.68. The van der Waals surface area contributed by atoms with Crippen molar-refractivity contribution in [3.63, 3.8) is 0 Å². The van der Waals surface area contributed by atoms with E-state index in [0.717, 1.165) is 5.56 Å². The Morgan fingerprint density at radius 1 is 0.939 bits per heavy atom. The number of furan rings is 1. The van der Waals surface area contributed by atoms with Crippen LogP contribution in [0.15, 0.2) is 76.2 Å². The van der Waals surface area contributed by atoms with Gasteiger partial charge in [-0.25, -0.2) is 13.2 Å². The number of carbonyl (C=O) groups excluding carboxylic acids is 2. The van der Waals surface area contributed by atoms with Crippen LogP contribution < -0.4 is 0 Å². The zero-order chi connectivity index (χ0) is 23.4. The third kappa shape index (κ3) is 5.11. The number of piperazine rings is 1. The standard InChI is InChI=1S/C23H21ClN2O6S/c24-18-6-8-19(9-7-18)33(29,30)26-13-11-25(12-14-26)21(27)16-32-23(28)22-20(10-15-31-22)17-4-2-1-3-5-17/h1-10,15H,11-14,16H2. The van der Waals surface area contributed by atoms with Crippen LogP contribution in [0.25, 0.3) is 11.1 Å². The van der Waals surface area contributed by atoms with Crippen molar-refractivity contribution in [2.45, 2.75) is 4.90 Å². The van der Waals surface area contributed by atoms with Gasteiger partial charge in [0.25, 0.3) is 5.91 Å². The second-order valence-corrected chi connectivity index (χ2v) is 9.72. The van der Waals surface area contributed by atoms with E-state index in [-0.39, 0.29) is 36.8 Å². The molecule has 33 heavy (non-hydrogen) atoms. The van der Waals surface area contributed by atoms with Crippen LogP contribution in [-0.4, -0.2) is 62.3 Å². The SMILES string of the molecule is O=C(OCC(=O)N1CCN(S(=O)(=O)c2ccc(Cl)cc2)CC1)c1occc1-c1ccccc1. The third-order valence-electron chi connectivity index (χ3n) is 5.30. The largest absolute Gasteiger partial charge is 0.457 e. The van der Waals surface area contributed by atoms with Gasteiger partial charge in [-0.05, 0) is 35.9 Å². The Hall–Kier alpha value is -3.14. The molecule has 1 saturated heterocycles. The minimum absolute atomic E-state index is 0.0212. The molecule has 0 atom stereocenters. The average Bonchev–Trinajstić information content (AvgIpc) is 3.33. The van der Waals surface area contributed by atoms with Gasteiger partial charge in [0, 0.05) is 36.8 Å². The second kappa shape index (κ2) is 9.78. The van der Waals surface area contributed by atoms with Gasteiger partial charge in [-0.1, -0.05) is 41.9 Å². The highest BCUT2D eigenvalue weighted by Crippen LogP contribution is 2.25. The fourth-order valence-corrected chi connectivity index (χ4v) is 5.08. The molecule has 4 rings (SSSR count). The van der Waals surface area contributed by atoms with Crippen LogP contribution in [0.4, 0.5) is 0 Å². The van der Waals surface area contributed by atoms with E-state index >= 15 is 0 Å². The molecule has 0 bridgehead atoms. The number of hydrogen-bond acceptors (Lipinski definition) is 6. The normalized spacial score (nSPS) is 14.8. The molecule has 2 heterocycles. The fourth-order valence-electron chi connectivity index (χ4n) is 3.53. The molecule has 172 valence electrons. The van der Waals surface area contributed by atoms with Crippen LogP contribution in [0, 0.1) is 0 Å². The predicted molar refractivity (Wildman–Crippen MR) is 121 cm³/mol. The van der Waals surface area contributed by atoms with Gasteiger partial charge in [-0.15, -0.1) is 0 Å². The lowest BCUT2D eigenvalue weighted by atomic mass is 10.1. The van der Waals surface area contributed by atoms with Gasteiger partial charge in [0.1, 0.15) is 0 Å². The summed E-state index contributed by atoms with van der Waals surface area (Å²) in [6.45, 7) is 0.206. The molecule has 0 saturated carbocycles. The summed E-state index contributed by atoms with van der Waals surface area (Å²) in [5.41, 5.74) is 1.37. The number of halogens is 1. The van der Waals surface area contributed by atoms with E-state index in [1.165, 1.54) is 39.7 Å². The van der Waals surface area contributed by atoms with Gasteiger partial charge in [0.15, 0.2) is 6.61 Å². The maximum Gasteiger partial charge on any atom is 0.375 e. The molecular formula is C23H21ClN2O6S. The summed E-state index contributed by atoms with van der Waals surface area (Å²) < 4.78 is 37.3. The maximum atomic E-state index is 12.8. The van der Waals surface area contributed by atoms with Gasteiger partial charge in [-0.3, -0.25) is 4.79 Å². The van der Waals surface area contributed by atoms with Crippen molar-refractivity contribution in [3.8, 4) is 11.1 Å². The average molecular weight is 489 g/mol. The Balaban J connectivity index is 1.32. The number of rotatable bonds is 6. The molecule has 2 aromatic carbocycles. The molecule has 8 nitrogen and oxygen atoms in total. The molecule has 1 aromatic heterocycles. The van der Waals surface area contributed by atoms with Gasteiger partial charge < -0.3 is 14.1 Å². The molecule has 1 aliphatic heterocycles. The summed E-state index contributed by atoms with van der Waals surface area (Å²) in [6.07, 6.45) is 1.39. The number of amides is 1. The van der Waals surface area contributed by atoms with Crippen molar-refractivity contribution in [1.82, 2.24) is 9.21 Å². The number of hydrogen-bond donors (Lipinski definition) is 0. The van der Waals surface area contributed by atoms with Crippen LogP contribution in [0.1, 0.15) is 10.6 Å². The molecule has 0 spiro atoms. The molecule has 0 N–H and O–H groups in total. The Morgan fingerprint density at radius 3 is 2.27 bits per heavy atom. The van der Waals surface area contributed by atoms with Crippen molar-refractivity contribution in [3.05, 3.63) is 77.7 Å². The molecule has 0 aliphatic carbocycles. The van der Waals surface area contributed by atoms with Crippen LogP contribution in [-0.2, 0) is 19.6 Å². The number of carbonyl (C=O) groups is 2. The van der Waals surface area contributed by atoms with E-state index in [1.54, 1.807) is 6.07 Å². The molecular weight excluding hydrogens is 468 g/mol. The van der Waals surface area contributed by atoms with Crippen LogP contribution in [0.3, 0.4) is 0 Å². The molecule has 3 aromatic rings. The highest BCUT2D eigenvalue weighted by Gasteiger charge is 2.30. The quantitative estimate of drug-likeness (QED) is 0.494. The summed E-state index contributed by atoms with van der Waals surface area (Å²) >= 11 is 5.83. The first-order valence-electron chi connectivity index (χ1n) is 10.2. The first-order valence-corrected chi connectivity index (χ1v) is 12.0. The second-order valence-electron chi connectivity index (χ2n) is 7.34. The highest BCUT2D eigenvalue weighted by atomic mass is 35.5. The molecule has 10 heteroatoms. The van der Waals surface area contributed by atoms with Gasteiger partial charge >= 0.3 is 5.97 Å². The molecule has 1 aliphatic rings. The van der Waals surface area contributed by atoms with Gasteiger partial charge in [0.2, 0.25) is 15.8 Å². The van der Waals surface area contributed by atoms with E-state index in [4.69, 9.17) is 20.8 Å². The van der Waals surface area contributed by atoms with Crippen LogP contribution >= 0.6 is 11.6 Å². The summed E-state index contributed by atoms with van der Waals surface area (Å²) in [4.78, 5) is 26.6. The van der Waals surface area contributed by atoms with Crippen molar-refractivity contribution < 1.29 is 27.2 Å². The Morgan fingerprint density at radius 2 is 1.61 bits per heavy atom. The van der Waals surface area contributed by atoms with Crippen molar-refractivity contribution in [1.29, 1.82) is 0 Å². The summed E-state index contributed by atoms with van der Waals surface area (Å²) in [5, 5.41) is 0.448. The highest BCUT2D eigenvalue weighted by molar-refractivity contribution is 7.89. The molecule has 0 unspecified atom stereocenters. The smallest absolute Gasteiger partial charge is 0.375 e. The van der Waals surface area contributed by atoms with E-state index in [2.05, 4.69) is 0 Å². The number of benzene rings is 2. The Kier molecular flexibility index (Phi) is 6.83. The number of ether oxygens (including phenoxy) is 1. The number of esters is 1. The number of sulfonamides is 1.